The van der Waals surface area contributed by atoms with Crippen molar-refractivity contribution in [3.05, 3.63) is 64.7 Å². The van der Waals surface area contributed by atoms with Crippen molar-refractivity contribution in [3.8, 4) is 17.2 Å². The highest BCUT2D eigenvalue weighted by Crippen LogP contribution is 2.39. The zero-order valence-corrected chi connectivity index (χ0v) is 13.6. The van der Waals surface area contributed by atoms with Crippen LogP contribution in [-0.2, 0) is 0 Å². The van der Waals surface area contributed by atoms with Gasteiger partial charge in [0.15, 0.2) is 23.1 Å². The number of phenols is 1. The summed E-state index contributed by atoms with van der Waals surface area (Å²) < 4.78 is 10.6. The summed E-state index contributed by atoms with van der Waals surface area (Å²) in [7, 11) is 3.04. The van der Waals surface area contributed by atoms with Crippen molar-refractivity contribution < 1.29 is 24.2 Å². The van der Waals surface area contributed by atoms with Gasteiger partial charge in [-0.3, -0.25) is 9.59 Å². The number of benzene rings is 3. The highest BCUT2D eigenvalue weighted by Gasteiger charge is 2.33. The van der Waals surface area contributed by atoms with Crippen LogP contribution in [0, 0.1) is 0 Å². The molecule has 1 aliphatic carbocycles. The van der Waals surface area contributed by atoms with Crippen molar-refractivity contribution in [3.63, 3.8) is 0 Å². The minimum Gasteiger partial charge on any atom is -0.507 e. The Hall–Kier alpha value is -3.34. The molecule has 4 rings (SSSR count). The molecule has 5 nitrogen and oxygen atoms in total. The topological polar surface area (TPSA) is 72.8 Å². The standard InChI is InChI=1S/C20H14O5/c1-24-15-8-10-6-7-12-17(13(10)9-16(15)25-2)20(23)18-11(19(12)22)4-3-5-14(18)21/h3-9,21H,1-2H3. The number of hydrogen-bond donors (Lipinski definition) is 1. The Labute approximate surface area is 143 Å². The van der Waals surface area contributed by atoms with E-state index in [2.05, 4.69) is 0 Å². The number of aromatic hydroxyl groups is 1. The smallest absolute Gasteiger partial charge is 0.198 e. The molecule has 0 spiro atoms. The van der Waals surface area contributed by atoms with Crippen LogP contribution in [-0.4, -0.2) is 30.9 Å². The molecular weight excluding hydrogens is 320 g/mol. The molecule has 124 valence electrons. The van der Waals surface area contributed by atoms with Crippen LogP contribution in [0.2, 0.25) is 0 Å². The Morgan fingerprint density at radius 3 is 2.20 bits per heavy atom. The van der Waals surface area contributed by atoms with E-state index in [4.69, 9.17) is 9.47 Å². The van der Waals surface area contributed by atoms with Crippen molar-refractivity contribution in [1.82, 2.24) is 0 Å². The quantitative estimate of drug-likeness (QED) is 0.609. The van der Waals surface area contributed by atoms with Crippen LogP contribution < -0.4 is 9.47 Å². The molecule has 0 saturated carbocycles. The highest BCUT2D eigenvalue weighted by atomic mass is 16.5. The number of ether oxygens (including phenoxy) is 2. The second-order valence-corrected chi connectivity index (χ2v) is 5.77. The molecule has 1 N–H and O–H groups in total. The lowest BCUT2D eigenvalue weighted by Gasteiger charge is -2.20. The zero-order chi connectivity index (χ0) is 17.7. The van der Waals surface area contributed by atoms with Gasteiger partial charge in [-0.05, 0) is 35.0 Å². The summed E-state index contributed by atoms with van der Waals surface area (Å²) in [6, 6.07) is 11.4. The first-order chi connectivity index (χ1) is 12.1. The third-order valence-electron chi connectivity index (χ3n) is 4.51. The van der Waals surface area contributed by atoms with Gasteiger partial charge in [0, 0.05) is 16.7 Å². The summed E-state index contributed by atoms with van der Waals surface area (Å²) in [6.07, 6.45) is 0. The molecule has 0 saturated heterocycles. The van der Waals surface area contributed by atoms with Crippen LogP contribution in [0.4, 0.5) is 0 Å². The Morgan fingerprint density at radius 1 is 0.800 bits per heavy atom. The maximum atomic E-state index is 13.1. The molecule has 0 radical (unpaired) electrons. The third kappa shape index (κ3) is 2.02. The number of hydrogen-bond acceptors (Lipinski definition) is 5. The minimum atomic E-state index is -0.375. The monoisotopic (exact) mass is 334 g/mol. The Morgan fingerprint density at radius 2 is 1.48 bits per heavy atom. The molecule has 3 aromatic carbocycles. The summed E-state index contributed by atoms with van der Waals surface area (Å²) in [5, 5.41) is 11.4. The Bertz CT molecular complexity index is 1070. The van der Waals surface area contributed by atoms with E-state index in [0.29, 0.717) is 22.4 Å². The highest BCUT2D eigenvalue weighted by molar-refractivity contribution is 6.33. The first-order valence-corrected chi connectivity index (χ1v) is 7.67. The van der Waals surface area contributed by atoms with Crippen LogP contribution in [0.5, 0.6) is 17.2 Å². The van der Waals surface area contributed by atoms with Crippen molar-refractivity contribution in [2.45, 2.75) is 0 Å². The SMILES string of the molecule is COc1cc2ccc3c(c2cc1OC)C(=O)c1c(O)cccc1C3=O. The van der Waals surface area contributed by atoms with Crippen molar-refractivity contribution in [2.24, 2.45) is 0 Å². The largest absolute Gasteiger partial charge is 0.507 e. The van der Waals surface area contributed by atoms with E-state index in [1.54, 1.807) is 36.4 Å². The molecule has 0 fully saturated rings. The fraction of sp³-hybridized carbons (Fsp3) is 0.100. The fourth-order valence-electron chi connectivity index (χ4n) is 3.32. The summed E-state index contributed by atoms with van der Waals surface area (Å²) in [6.45, 7) is 0. The van der Waals surface area contributed by atoms with E-state index >= 15 is 0 Å². The van der Waals surface area contributed by atoms with Crippen molar-refractivity contribution in [2.75, 3.05) is 14.2 Å². The average Bonchev–Trinajstić information content (AvgIpc) is 2.63. The minimum absolute atomic E-state index is 0.0438. The number of carbonyl (C=O) groups is 2. The number of rotatable bonds is 2. The molecule has 0 aliphatic heterocycles. The van der Waals surface area contributed by atoms with Gasteiger partial charge in [-0.1, -0.05) is 18.2 Å². The van der Waals surface area contributed by atoms with Gasteiger partial charge >= 0.3 is 0 Å². The molecule has 25 heavy (non-hydrogen) atoms. The van der Waals surface area contributed by atoms with E-state index in [1.807, 2.05) is 0 Å². The predicted molar refractivity (Wildman–Crippen MR) is 92.0 cm³/mol. The zero-order valence-electron chi connectivity index (χ0n) is 13.6. The first kappa shape index (κ1) is 15.2. The van der Waals surface area contributed by atoms with Gasteiger partial charge in [0.05, 0.1) is 19.8 Å². The van der Waals surface area contributed by atoms with Gasteiger partial charge < -0.3 is 14.6 Å². The molecule has 0 bridgehead atoms. The van der Waals surface area contributed by atoms with E-state index in [0.717, 1.165) is 5.39 Å². The maximum absolute atomic E-state index is 13.1. The third-order valence-corrected chi connectivity index (χ3v) is 4.51. The lowest BCUT2D eigenvalue weighted by atomic mass is 9.81. The van der Waals surface area contributed by atoms with E-state index in [9.17, 15) is 14.7 Å². The summed E-state index contributed by atoms with van der Waals surface area (Å²) >= 11 is 0. The van der Waals surface area contributed by atoms with Gasteiger partial charge in [-0.25, -0.2) is 0 Å². The van der Waals surface area contributed by atoms with E-state index in [-0.39, 0.29) is 34.0 Å². The van der Waals surface area contributed by atoms with E-state index in [1.165, 1.54) is 20.3 Å². The Kier molecular flexibility index (Phi) is 3.25. The lowest BCUT2D eigenvalue weighted by Crippen LogP contribution is -2.21. The second-order valence-electron chi connectivity index (χ2n) is 5.77. The van der Waals surface area contributed by atoms with Gasteiger partial charge in [0.2, 0.25) is 0 Å². The van der Waals surface area contributed by atoms with Crippen LogP contribution in [0.3, 0.4) is 0 Å². The molecule has 0 unspecified atom stereocenters. The Balaban J connectivity index is 2.09. The van der Waals surface area contributed by atoms with Crippen LogP contribution >= 0.6 is 0 Å². The molecule has 0 heterocycles. The predicted octanol–water partition coefficient (Wildman–Crippen LogP) is 3.34. The number of carbonyl (C=O) groups excluding carboxylic acids is 2. The lowest BCUT2D eigenvalue weighted by molar-refractivity contribution is 0.0978. The molecule has 5 heteroatoms. The maximum Gasteiger partial charge on any atom is 0.198 e. The van der Waals surface area contributed by atoms with Crippen LogP contribution in [0.1, 0.15) is 31.8 Å². The molecule has 0 aromatic heterocycles. The van der Waals surface area contributed by atoms with Gasteiger partial charge in [-0.15, -0.1) is 0 Å². The first-order valence-electron chi connectivity index (χ1n) is 7.67. The van der Waals surface area contributed by atoms with Crippen molar-refractivity contribution in [1.29, 1.82) is 0 Å². The van der Waals surface area contributed by atoms with Crippen molar-refractivity contribution >= 4 is 22.3 Å². The summed E-state index contributed by atoms with van der Waals surface area (Å²) in [5.41, 5.74) is 0.861. The fourth-order valence-corrected chi connectivity index (χ4v) is 3.32. The average molecular weight is 334 g/mol. The number of ketones is 2. The number of methoxy groups -OCH3 is 2. The summed E-state index contributed by atoms with van der Waals surface area (Å²) in [4.78, 5) is 25.9. The van der Waals surface area contributed by atoms with Gasteiger partial charge in [0.1, 0.15) is 5.75 Å². The summed E-state index contributed by atoms with van der Waals surface area (Å²) in [5.74, 6) is 0.149. The second kappa shape index (κ2) is 5.34. The molecular formula is C20H14O5. The van der Waals surface area contributed by atoms with Crippen LogP contribution in [0.25, 0.3) is 10.8 Å². The molecule has 0 amide bonds. The number of phenolic OH excluding ortho intramolecular Hbond substituents is 1. The number of fused-ring (bicyclic) bond motifs is 4. The van der Waals surface area contributed by atoms with E-state index < -0.39 is 0 Å². The molecule has 1 aliphatic rings. The van der Waals surface area contributed by atoms with Gasteiger partial charge in [0.25, 0.3) is 0 Å². The van der Waals surface area contributed by atoms with Gasteiger partial charge in [-0.2, -0.15) is 0 Å². The normalized spacial score (nSPS) is 12.7. The molecule has 0 atom stereocenters. The molecule has 3 aromatic rings. The van der Waals surface area contributed by atoms with Crippen LogP contribution in [0.15, 0.2) is 42.5 Å².